The molecule has 2 heterocycles. The molecule has 2 fully saturated rings. The van der Waals surface area contributed by atoms with E-state index in [-0.39, 0.29) is 49.4 Å². The number of nitrogens with one attached hydrogen (secondary N) is 2. The number of carbonyl (C=O) groups excluding carboxylic acids is 2. The normalized spacial score (nSPS) is 25.2. The molecule has 2 aromatic rings. The Morgan fingerprint density at radius 3 is 2.79 bits per heavy atom. The maximum atomic E-state index is 12.9. The zero-order chi connectivity index (χ0) is 22.0. The van der Waals surface area contributed by atoms with Gasteiger partial charge in [0.15, 0.2) is 0 Å². The molecule has 2 aliphatic rings. The minimum atomic E-state index is -0.994. The van der Waals surface area contributed by atoms with Crippen LogP contribution < -0.4 is 20.1 Å². The van der Waals surface area contributed by atoms with E-state index in [0.717, 1.165) is 16.5 Å². The van der Waals surface area contributed by atoms with Gasteiger partial charge in [0, 0.05) is 30.5 Å². The molecule has 1 aliphatic carbocycles. The van der Waals surface area contributed by atoms with Crippen molar-refractivity contribution in [1.82, 2.24) is 15.6 Å². The van der Waals surface area contributed by atoms with E-state index in [9.17, 15) is 9.59 Å². The molecule has 33 heavy (non-hydrogen) atoms. The number of carbonyl (C=O) groups is 2. The number of aromatic nitrogens is 1. The van der Waals surface area contributed by atoms with E-state index in [4.69, 9.17) is 14.2 Å². The lowest BCUT2D eigenvalue weighted by Crippen LogP contribution is -2.51. The third kappa shape index (κ3) is 5.34. The number of pyridine rings is 1. The summed E-state index contributed by atoms with van der Waals surface area (Å²) in [5.74, 6) is 0.525. The van der Waals surface area contributed by atoms with Crippen LogP contribution in [0.25, 0.3) is 10.8 Å². The Morgan fingerprint density at radius 1 is 1.33 bits per heavy atom. The molecule has 1 unspecified atom stereocenters. The number of rotatable bonds is 8. The topological polar surface area (TPSA) is 98.8 Å². The highest BCUT2D eigenvalue weighted by Gasteiger charge is 2.61. The third-order valence-corrected chi connectivity index (χ3v) is 5.91. The first-order valence-electron chi connectivity index (χ1n) is 10.4. The molecule has 4 rings (SSSR count). The number of benzene rings is 1. The maximum absolute atomic E-state index is 12.9. The summed E-state index contributed by atoms with van der Waals surface area (Å²) < 4.78 is 16.5. The third-order valence-electron chi connectivity index (χ3n) is 5.91. The fraction of sp³-hybridized carbons (Fsp3) is 0.435. The highest BCUT2D eigenvalue weighted by molar-refractivity contribution is 5.94. The zero-order valence-corrected chi connectivity index (χ0v) is 20.2. The molecular weight excluding hydrogens is 469 g/mol. The Labute approximate surface area is 205 Å². The Balaban J connectivity index is 0.00000193. The molecule has 180 valence electrons. The number of ether oxygens (including phenoxy) is 3. The molecule has 1 aromatic heterocycles. The summed E-state index contributed by atoms with van der Waals surface area (Å²) in [5, 5.41) is 7.92. The van der Waals surface area contributed by atoms with E-state index in [1.54, 1.807) is 26.3 Å². The van der Waals surface area contributed by atoms with E-state index in [2.05, 4.69) is 22.2 Å². The van der Waals surface area contributed by atoms with Crippen LogP contribution >= 0.6 is 24.8 Å². The lowest BCUT2D eigenvalue weighted by molar-refractivity contribution is -0.149. The molecule has 1 amide bonds. The quantitative estimate of drug-likeness (QED) is 0.427. The van der Waals surface area contributed by atoms with Gasteiger partial charge in [-0.05, 0) is 43.0 Å². The van der Waals surface area contributed by atoms with Gasteiger partial charge in [-0.15, -0.1) is 31.4 Å². The Bertz CT molecular complexity index is 1020. The van der Waals surface area contributed by atoms with Gasteiger partial charge in [-0.3, -0.25) is 4.79 Å². The summed E-state index contributed by atoms with van der Waals surface area (Å²) in [6.07, 6.45) is 4.14. The lowest BCUT2D eigenvalue weighted by atomic mass is 10.1. The first-order valence-corrected chi connectivity index (χ1v) is 10.4. The largest absolute Gasteiger partial charge is 0.497 e. The molecule has 1 aliphatic heterocycles. The lowest BCUT2D eigenvalue weighted by Gasteiger charge is -2.20. The minimum Gasteiger partial charge on any atom is -0.497 e. The molecular formula is C23H29Cl2N3O5. The van der Waals surface area contributed by atoms with Crippen LogP contribution in [-0.2, 0) is 14.3 Å². The summed E-state index contributed by atoms with van der Waals surface area (Å²) in [7, 11) is 1.63. The molecule has 1 aromatic carbocycles. The van der Waals surface area contributed by atoms with E-state index in [0.29, 0.717) is 25.3 Å². The van der Waals surface area contributed by atoms with E-state index in [1.165, 1.54) is 0 Å². The van der Waals surface area contributed by atoms with Crippen molar-refractivity contribution >= 4 is 47.5 Å². The van der Waals surface area contributed by atoms with Crippen LogP contribution in [0, 0.1) is 5.92 Å². The van der Waals surface area contributed by atoms with Gasteiger partial charge in [0.1, 0.15) is 17.4 Å². The molecule has 10 heteroatoms. The number of esters is 1. The van der Waals surface area contributed by atoms with Crippen molar-refractivity contribution in [1.29, 1.82) is 0 Å². The summed E-state index contributed by atoms with van der Waals surface area (Å²) >= 11 is 0. The van der Waals surface area contributed by atoms with Gasteiger partial charge < -0.3 is 24.8 Å². The van der Waals surface area contributed by atoms with Gasteiger partial charge in [0.05, 0.1) is 19.8 Å². The number of fused-ring (bicyclic) bond motifs is 1. The highest BCUT2D eigenvalue weighted by atomic mass is 35.5. The van der Waals surface area contributed by atoms with E-state index < -0.39 is 17.6 Å². The molecule has 1 saturated heterocycles. The molecule has 0 spiro atoms. The van der Waals surface area contributed by atoms with E-state index in [1.807, 2.05) is 24.3 Å². The molecule has 0 radical (unpaired) electrons. The predicted molar refractivity (Wildman–Crippen MR) is 129 cm³/mol. The number of amides is 1. The summed E-state index contributed by atoms with van der Waals surface area (Å²) in [5.41, 5.74) is -0.994. The summed E-state index contributed by atoms with van der Waals surface area (Å²) in [4.78, 5) is 29.6. The van der Waals surface area contributed by atoms with Gasteiger partial charge in [-0.25, -0.2) is 9.78 Å². The second-order valence-electron chi connectivity index (χ2n) is 7.87. The SMILES string of the molecule is C=C[C@@H]1C[C@]1(NC(=O)[C@@H]1CC(Oc2nccc3cc(OC)ccc23)CN1)C(=O)OCC.Cl.Cl. The van der Waals surface area contributed by atoms with Crippen molar-refractivity contribution < 1.29 is 23.8 Å². The second-order valence-corrected chi connectivity index (χ2v) is 7.87. The molecule has 1 saturated carbocycles. The number of hydrogen-bond donors (Lipinski definition) is 2. The van der Waals surface area contributed by atoms with Crippen molar-refractivity contribution in [2.75, 3.05) is 20.3 Å². The first kappa shape index (κ1) is 26.7. The molecule has 8 nitrogen and oxygen atoms in total. The summed E-state index contributed by atoms with van der Waals surface area (Å²) in [6, 6.07) is 7.13. The fourth-order valence-electron chi connectivity index (χ4n) is 4.07. The molecule has 2 N–H and O–H groups in total. The van der Waals surface area contributed by atoms with Crippen molar-refractivity contribution in [2.24, 2.45) is 5.92 Å². The molecule has 0 bridgehead atoms. The minimum absolute atomic E-state index is 0. The summed E-state index contributed by atoms with van der Waals surface area (Å²) in [6.45, 7) is 6.27. The van der Waals surface area contributed by atoms with Gasteiger partial charge in [-0.2, -0.15) is 0 Å². The van der Waals surface area contributed by atoms with Crippen molar-refractivity contribution in [3.8, 4) is 11.6 Å². The second kappa shape index (κ2) is 11.0. The standard InChI is InChI=1S/C23H27N3O5.2ClH/c1-4-15-12-23(15,22(28)30-5-2)26-20(27)19-11-17(13-25-19)31-21-18-7-6-16(29-3)10-14(18)8-9-24-21;;/h4,6-10,15,17,19,25H,1,5,11-13H2,2-3H3,(H,26,27);2*1H/t15-,17?,19+,23-;;/m1../s1. The Hall–Kier alpha value is -2.55. The van der Waals surface area contributed by atoms with Crippen molar-refractivity contribution in [3.05, 3.63) is 43.1 Å². The number of hydrogen-bond acceptors (Lipinski definition) is 7. The van der Waals surface area contributed by atoms with Gasteiger partial charge in [0.2, 0.25) is 11.8 Å². The van der Waals surface area contributed by atoms with Crippen LogP contribution in [0.3, 0.4) is 0 Å². The van der Waals surface area contributed by atoms with Crippen LogP contribution in [-0.4, -0.2) is 54.8 Å². The van der Waals surface area contributed by atoms with Crippen molar-refractivity contribution in [3.63, 3.8) is 0 Å². The van der Waals surface area contributed by atoms with Crippen LogP contribution in [0.5, 0.6) is 11.6 Å². The first-order chi connectivity index (χ1) is 15.0. The average molecular weight is 498 g/mol. The zero-order valence-electron chi connectivity index (χ0n) is 18.5. The van der Waals surface area contributed by atoms with Crippen molar-refractivity contribution in [2.45, 2.75) is 37.5 Å². The fourth-order valence-corrected chi connectivity index (χ4v) is 4.07. The predicted octanol–water partition coefficient (Wildman–Crippen LogP) is 2.82. The van der Waals surface area contributed by atoms with Gasteiger partial charge in [0.25, 0.3) is 0 Å². The number of nitrogens with zero attached hydrogens (tertiary/aromatic N) is 1. The number of methoxy groups -OCH3 is 1. The Kier molecular flexibility index (Phi) is 8.94. The van der Waals surface area contributed by atoms with E-state index >= 15 is 0 Å². The van der Waals surface area contributed by atoms with Crippen LogP contribution in [0.15, 0.2) is 43.1 Å². The Morgan fingerprint density at radius 2 is 2.12 bits per heavy atom. The van der Waals surface area contributed by atoms with Crippen LogP contribution in [0.2, 0.25) is 0 Å². The maximum Gasteiger partial charge on any atom is 0.332 e. The van der Waals surface area contributed by atoms with Gasteiger partial charge in [-0.1, -0.05) is 6.08 Å². The van der Waals surface area contributed by atoms with Crippen LogP contribution in [0.1, 0.15) is 19.8 Å². The monoisotopic (exact) mass is 497 g/mol. The smallest absolute Gasteiger partial charge is 0.332 e. The highest BCUT2D eigenvalue weighted by Crippen LogP contribution is 2.45. The van der Waals surface area contributed by atoms with Crippen LogP contribution in [0.4, 0.5) is 0 Å². The van der Waals surface area contributed by atoms with Gasteiger partial charge >= 0.3 is 5.97 Å². The number of halogens is 2. The molecule has 4 atom stereocenters. The average Bonchev–Trinajstić information content (AvgIpc) is 3.30.